The van der Waals surface area contributed by atoms with Crippen LogP contribution in [0.4, 0.5) is 5.69 Å². The van der Waals surface area contributed by atoms with Crippen LogP contribution in [-0.2, 0) is 0 Å². The van der Waals surface area contributed by atoms with Gasteiger partial charge in [-0.2, -0.15) is 0 Å². The van der Waals surface area contributed by atoms with Crippen molar-refractivity contribution < 1.29 is 4.79 Å². The zero-order valence-corrected chi connectivity index (χ0v) is 22.4. The van der Waals surface area contributed by atoms with E-state index >= 15 is 0 Å². The van der Waals surface area contributed by atoms with E-state index in [1.807, 2.05) is 89.7 Å². The number of amides is 1. The lowest BCUT2D eigenvalue weighted by Gasteiger charge is -2.31. The summed E-state index contributed by atoms with van der Waals surface area (Å²) in [5, 5.41) is 0.995. The Labute approximate surface area is 226 Å². The van der Waals surface area contributed by atoms with Gasteiger partial charge in [0.25, 0.3) is 0 Å². The zero-order valence-electron chi connectivity index (χ0n) is 18.1. The van der Waals surface area contributed by atoms with Crippen LogP contribution in [0.5, 0.6) is 0 Å². The van der Waals surface area contributed by atoms with Gasteiger partial charge in [0.05, 0.1) is 16.8 Å². The van der Waals surface area contributed by atoms with E-state index in [0.717, 1.165) is 34.7 Å². The second kappa shape index (κ2) is 10.3. The van der Waals surface area contributed by atoms with Gasteiger partial charge in [-0.1, -0.05) is 89.8 Å². The number of rotatable bonds is 5. The molecule has 0 radical (unpaired) electrons. The van der Waals surface area contributed by atoms with Gasteiger partial charge >= 0.3 is 6.85 Å². The van der Waals surface area contributed by atoms with Gasteiger partial charge in [-0.05, 0) is 75.5 Å². The molecule has 1 aromatic heterocycles. The number of aromatic nitrogens is 1. The first-order chi connectivity index (χ1) is 16.6. The number of carbonyl (C=O) groups excluding carboxylic acids is 1. The molecule has 0 fully saturated rings. The molecule has 0 N–H and O–H groups in total. The molecule has 0 aliphatic heterocycles. The lowest BCUT2D eigenvalue weighted by molar-refractivity contribution is 0.100. The predicted octanol–water partition coefficient (Wildman–Crippen LogP) is 5.90. The molecule has 0 atom stereocenters. The number of para-hydroxylation sites is 1. The van der Waals surface area contributed by atoms with Gasteiger partial charge in [0.1, 0.15) is 0 Å². The molecule has 0 unspecified atom stereocenters. The minimum atomic E-state index is -0.323. The molecule has 0 aliphatic rings. The number of halogens is 2. The van der Waals surface area contributed by atoms with E-state index in [-0.39, 0.29) is 12.8 Å². The number of anilines is 1. The lowest BCUT2D eigenvalue weighted by atomic mass is 9.48. The van der Waals surface area contributed by atoms with Crippen molar-refractivity contribution in [3.63, 3.8) is 0 Å². The van der Waals surface area contributed by atoms with Crippen molar-refractivity contribution in [2.75, 3.05) is 4.81 Å². The van der Waals surface area contributed by atoms with Gasteiger partial charge in [0.15, 0.2) is 0 Å². The standard InChI is InChI=1S/C28H19BI2N2O/c30-23-16-17-25(31)24(19-23)28(34)33(26-15-7-9-20-10-8-18-32-27(20)26)29(21-11-3-1-4-12-21)22-13-5-2-6-14-22/h1-19H. The number of benzene rings is 4. The van der Waals surface area contributed by atoms with Gasteiger partial charge in [-0.15, -0.1) is 0 Å². The molecular formula is C28H19BI2N2O. The van der Waals surface area contributed by atoms with Crippen molar-refractivity contribution >= 4 is 85.5 Å². The Morgan fingerprint density at radius 2 is 1.38 bits per heavy atom. The van der Waals surface area contributed by atoms with E-state index in [1.54, 1.807) is 6.20 Å². The number of carbonyl (C=O) groups is 1. The second-order valence-corrected chi connectivity index (χ2v) is 10.3. The van der Waals surface area contributed by atoms with Crippen LogP contribution in [0.1, 0.15) is 10.4 Å². The number of fused-ring (bicyclic) bond motifs is 1. The minimum Gasteiger partial charge on any atom is -0.342 e. The normalized spacial score (nSPS) is 10.8. The maximum absolute atomic E-state index is 14.4. The maximum Gasteiger partial charge on any atom is 0.331 e. The largest absolute Gasteiger partial charge is 0.342 e. The highest BCUT2D eigenvalue weighted by molar-refractivity contribution is 14.1. The molecule has 0 saturated heterocycles. The summed E-state index contributed by atoms with van der Waals surface area (Å²) < 4.78 is 1.94. The van der Waals surface area contributed by atoms with E-state index in [4.69, 9.17) is 4.98 Å². The van der Waals surface area contributed by atoms with Gasteiger partial charge < -0.3 is 4.81 Å². The molecule has 5 aromatic rings. The first kappa shape index (κ1) is 23.0. The number of pyridine rings is 1. The average molecular weight is 664 g/mol. The van der Waals surface area contributed by atoms with Crippen molar-refractivity contribution in [1.29, 1.82) is 0 Å². The molecule has 34 heavy (non-hydrogen) atoms. The summed E-state index contributed by atoms with van der Waals surface area (Å²) >= 11 is 4.51. The Morgan fingerprint density at radius 3 is 2.06 bits per heavy atom. The van der Waals surface area contributed by atoms with Crippen LogP contribution < -0.4 is 15.7 Å². The number of nitrogens with zero attached hydrogens (tertiary/aromatic N) is 2. The SMILES string of the molecule is O=C(c1cc(I)ccc1I)N(B(c1ccccc1)c1ccccc1)c1cccc2cccnc12. The molecule has 6 heteroatoms. The third-order valence-corrected chi connectivity index (χ3v) is 7.35. The highest BCUT2D eigenvalue weighted by atomic mass is 127. The van der Waals surface area contributed by atoms with Crippen LogP contribution in [0.15, 0.2) is 115 Å². The van der Waals surface area contributed by atoms with E-state index in [2.05, 4.69) is 69.4 Å². The molecule has 164 valence electrons. The van der Waals surface area contributed by atoms with Crippen LogP contribution >= 0.6 is 45.2 Å². The summed E-state index contributed by atoms with van der Waals surface area (Å²) in [4.78, 5) is 21.0. The van der Waals surface area contributed by atoms with E-state index < -0.39 is 0 Å². The summed E-state index contributed by atoms with van der Waals surface area (Å²) in [6.45, 7) is -0.323. The smallest absolute Gasteiger partial charge is 0.331 e. The van der Waals surface area contributed by atoms with Crippen LogP contribution in [0.25, 0.3) is 10.9 Å². The van der Waals surface area contributed by atoms with E-state index in [9.17, 15) is 4.79 Å². The molecule has 0 spiro atoms. The Balaban J connectivity index is 1.81. The number of hydrogen-bond acceptors (Lipinski definition) is 2. The molecule has 1 heterocycles. The van der Waals surface area contributed by atoms with Crippen LogP contribution in [0.3, 0.4) is 0 Å². The van der Waals surface area contributed by atoms with Gasteiger partial charge in [0, 0.05) is 18.7 Å². The molecule has 0 saturated carbocycles. The third kappa shape index (κ3) is 4.61. The quantitative estimate of drug-likeness (QED) is 0.174. The predicted molar refractivity (Wildman–Crippen MR) is 158 cm³/mol. The van der Waals surface area contributed by atoms with Crippen molar-refractivity contribution in [2.24, 2.45) is 0 Å². The Hall–Kier alpha value is -2.72. The first-order valence-corrected chi connectivity index (χ1v) is 13.0. The maximum atomic E-state index is 14.4. The fourth-order valence-electron chi connectivity index (χ4n) is 4.20. The third-order valence-electron chi connectivity index (χ3n) is 5.74. The van der Waals surface area contributed by atoms with Crippen molar-refractivity contribution in [2.45, 2.75) is 0 Å². The summed E-state index contributed by atoms with van der Waals surface area (Å²) in [7, 11) is 0. The van der Waals surface area contributed by atoms with Gasteiger partial charge in [-0.3, -0.25) is 9.78 Å². The zero-order chi connectivity index (χ0) is 23.5. The molecule has 0 bridgehead atoms. The van der Waals surface area contributed by atoms with Crippen LogP contribution in [0.2, 0.25) is 0 Å². The van der Waals surface area contributed by atoms with Gasteiger partial charge in [0.2, 0.25) is 5.91 Å². The summed E-state index contributed by atoms with van der Waals surface area (Å²) in [5.74, 6) is -0.0567. The fraction of sp³-hybridized carbons (Fsp3) is 0. The Morgan fingerprint density at radius 1 is 0.735 bits per heavy atom. The van der Waals surface area contributed by atoms with Crippen molar-refractivity contribution in [3.05, 3.63) is 128 Å². The molecule has 4 aromatic carbocycles. The highest BCUT2D eigenvalue weighted by Gasteiger charge is 2.35. The monoisotopic (exact) mass is 664 g/mol. The summed E-state index contributed by atoms with van der Waals surface area (Å²) in [6.07, 6.45) is 1.78. The van der Waals surface area contributed by atoms with Crippen LogP contribution in [0, 0.1) is 7.14 Å². The van der Waals surface area contributed by atoms with Crippen molar-refractivity contribution in [1.82, 2.24) is 4.98 Å². The Bertz CT molecular complexity index is 1420. The van der Waals surface area contributed by atoms with Gasteiger partial charge in [-0.25, -0.2) is 0 Å². The minimum absolute atomic E-state index is 0.0567. The molecule has 3 nitrogen and oxygen atoms in total. The van der Waals surface area contributed by atoms with E-state index in [0.29, 0.717) is 5.56 Å². The Kier molecular flexibility index (Phi) is 6.96. The summed E-state index contributed by atoms with van der Waals surface area (Å²) in [6, 6.07) is 36.3. The van der Waals surface area contributed by atoms with E-state index in [1.165, 1.54) is 0 Å². The molecule has 5 rings (SSSR count). The first-order valence-electron chi connectivity index (χ1n) is 10.9. The van der Waals surface area contributed by atoms with Crippen LogP contribution in [-0.4, -0.2) is 17.7 Å². The molecule has 0 aliphatic carbocycles. The van der Waals surface area contributed by atoms with Crippen molar-refractivity contribution in [3.8, 4) is 0 Å². The average Bonchev–Trinajstić information content (AvgIpc) is 2.89. The molecule has 1 amide bonds. The topological polar surface area (TPSA) is 33.2 Å². The number of hydrogen-bond donors (Lipinski definition) is 0. The highest BCUT2D eigenvalue weighted by Crippen LogP contribution is 2.29. The lowest BCUT2D eigenvalue weighted by Crippen LogP contribution is -2.59. The molecular weight excluding hydrogens is 645 g/mol. The second-order valence-electron chi connectivity index (χ2n) is 7.88. The summed E-state index contributed by atoms with van der Waals surface area (Å²) in [5.41, 5.74) is 4.34. The fourth-order valence-corrected chi connectivity index (χ4v) is 5.26.